The van der Waals surface area contributed by atoms with Crippen LogP contribution in [-0.4, -0.2) is 62.7 Å². The van der Waals surface area contributed by atoms with Crippen molar-refractivity contribution in [2.45, 2.75) is 31.5 Å². The highest BCUT2D eigenvalue weighted by Crippen LogP contribution is 2.27. The van der Waals surface area contributed by atoms with E-state index >= 15 is 0 Å². The minimum absolute atomic E-state index is 0.0134. The summed E-state index contributed by atoms with van der Waals surface area (Å²) in [5, 5.41) is 6.13. The van der Waals surface area contributed by atoms with E-state index in [0.717, 1.165) is 49.4 Å². The summed E-state index contributed by atoms with van der Waals surface area (Å²) in [5.74, 6) is 0.608. The van der Waals surface area contributed by atoms with E-state index in [1.54, 1.807) is 7.11 Å². The summed E-state index contributed by atoms with van der Waals surface area (Å²) in [5.41, 5.74) is 2.15. The first-order chi connectivity index (χ1) is 15.0. The van der Waals surface area contributed by atoms with Crippen molar-refractivity contribution in [3.8, 4) is 5.75 Å². The Balaban J connectivity index is 1.44. The number of piperidine rings is 1. The number of benzene rings is 2. The molecule has 2 aromatic rings. The van der Waals surface area contributed by atoms with Gasteiger partial charge in [-0.1, -0.05) is 30.3 Å². The highest BCUT2D eigenvalue weighted by Gasteiger charge is 2.22. The molecule has 2 aromatic carbocycles. The van der Waals surface area contributed by atoms with Crippen molar-refractivity contribution < 1.29 is 13.9 Å². The number of hydrogen-bond acceptors (Lipinski definition) is 4. The minimum atomic E-state index is -0.208. The van der Waals surface area contributed by atoms with Crippen molar-refractivity contribution in [3.63, 3.8) is 0 Å². The van der Waals surface area contributed by atoms with Crippen LogP contribution >= 0.6 is 0 Å². The number of hydrogen-bond donors (Lipinski definition) is 2. The highest BCUT2D eigenvalue weighted by molar-refractivity contribution is 5.74. The summed E-state index contributed by atoms with van der Waals surface area (Å²) in [6.45, 7) is 3.11. The van der Waals surface area contributed by atoms with Crippen molar-refractivity contribution in [3.05, 3.63) is 65.5 Å². The number of para-hydroxylation sites is 1. The summed E-state index contributed by atoms with van der Waals surface area (Å²) in [7, 11) is 5.65. The lowest BCUT2D eigenvalue weighted by Crippen LogP contribution is -2.48. The number of amides is 2. The molecule has 1 fully saturated rings. The Hall–Kier alpha value is -2.64. The third-order valence-corrected chi connectivity index (χ3v) is 5.82. The zero-order valence-electron chi connectivity index (χ0n) is 18.6. The second kappa shape index (κ2) is 11.1. The van der Waals surface area contributed by atoms with Gasteiger partial charge in [-0.2, -0.15) is 0 Å². The average Bonchev–Trinajstić information content (AvgIpc) is 2.77. The molecule has 2 amide bonds. The number of carbonyl (C=O) groups is 1. The summed E-state index contributed by atoms with van der Waals surface area (Å²) < 4.78 is 18.5. The van der Waals surface area contributed by atoms with E-state index in [2.05, 4.69) is 20.4 Å². The Bertz CT molecular complexity index is 836. The van der Waals surface area contributed by atoms with Crippen molar-refractivity contribution in [2.75, 3.05) is 40.8 Å². The zero-order valence-corrected chi connectivity index (χ0v) is 18.6. The topological polar surface area (TPSA) is 56.8 Å². The quantitative estimate of drug-likeness (QED) is 0.677. The lowest BCUT2D eigenvalue weighted by Gasteiger charge is -2.32. The summed E-state index contributed by atoms with van der Waals surface area (Å²) in [4.78, 5) is 16.9. The van der Waals surface area contributed by atoms with Crippen LogP contribution in [0.5, 0.6) is 5.75 Å². The fourth-order valence-corrected chi connectivity index (χ4v) is 4.02. The lowest BCUT2D eigenvalue weighted by atomic mass is 10.0. The molecule has 0 saturated carbocycles. The number of likely N-dealkylation sites (N-methyl/N-ethyl adjacent to an activating group) is 1. The monoisotopic (exact) mass is 428 g/mol. The minimum Gasteiger partial charge on any atom is -0.496 e. The fourth-order valence-electron chi connectivity index (χ4n) is 4.02. The van der Waals surface area contributed by atoms with E-state index < -0.39 is 0 Å². The van der Waals surface area contributed by atoms with Gasteiger partial charge in [0.05, 0.1) is 13.2 Å². The Kier molecular flexibility index (Phi) is 8.26. The van der Waals surface area contributed by atoms with Crippen molar-refractivity contribution >= 4 is 6.03 Å². The molecule has 1 saturated heterocycles. The molecule has 7 heteroatoms. The van der Waals surface area contributed by atoms with E-state index in [-0.39, 0.29) is 23.9 Å². The molecule has 1 atom stereocenters. The van der Waals surface area contributed by atoms with Gasteiger partial charge in [0.15, 0.2) is 0 Å². The molecule has 1 unspecified atom stereocenters. The molecule has 0 aromatic heterocycles. The van der Waals surface area contributed by atoms with Crippen LogP contribution in [0.15, 0.2) is 48.5 Å². The molecular formula is C24H33FN4O2. The number of rotatable bonds is 8. The van der Waals surface area contributed by atoms with Crippen LogP contribution in [0.3, 0.4) is 0 Å². The van der Waals surface area contributed by atoms with Gasteiger partial charge in [0, 0.05) is 37.8 Å². The highest BCUT2D eigenvalue weighted by atomic mass is 19.1. The predicted molar refractivity (Wildman–Crippen MR) is 121 cm³/mol. The van der Waals surface area contributed by atoms with Gasteiger partial charge in [-0.15, -0.1) is 0 Å². The third-order valence-electron chi connectivity index (χ3n) is 5.82. The molecule has 0 bridgehead atoms. The van der Waals surface area contributed by atoms with Gasteiger partial charge >= 0.3 is 6.03 Å². The number of halogens is 1. The molecule has 0 aliphatic carbocycles. The Morgan fingerprint density at radius 1 is 1.16 bits per heavy atom. The van der Waals surface area contributed by atoms with Crippen LogP contribution in [0.1, 0.15) is 30.0 Å². The largest absolute Gasteiger partial charge is 0.496 e. The molecule has 2 N–H and O–H groups in total. The molecule has 0 spiro atoms. The van der Waals surface area contributed by atoms with Crippen molar-refractivity contribution in [2.24, 2.45) is 0 Å². The molecule has 1 aliphatic heterocycles. The number of likely N-dealkylation sites (tertiary alicyclic amines) is 1. The average molecular weight is 429 g/mol. The Morgan fingerprint density at radius 2 is 1.84 bits per heavy atom. The van der Waals surface area contributed by atoms with E-state index in [0.29, 0.717) is 6.54 Å². The number of ether oxygens (including phenoxy) is 1. The molecule has 31 heavy (non-hydrogen) atoms. The predicted octanol–water partition coefficient (Wildman–Crippen LogP) is 3.40. The molecule has 0 radical (unpaired) electrons. The maximum Gasteiger partial charge on any atom is 0.315 e. The number of nitrogens with one attached hydrogen (secondary N) is 2. The number of urea groups is 1. The zero-order chi connectivity index (χ0) is 22.2. The first kappa shape index (κ1) is 23.0. The molecule has 3 rings (SSSR count). The Labute approximate surface area is 184 Å². The second-order valence-electron chi connectivity index (χ2n) is 8.25. The number of nitrogens with zero attached hydrogens (tertiary/aromatic N) is 2. The number of methoxy groups -OCH3 is 1. The second-order valence-corrected chi connectivity index (χ2v) is 8.25. The molecule has 1 aliphatic rings. The SMILES string of the molecule is COc1ccccc1C(CNC(=O)NC1CCN(Cc2ccc(F)cc2)CC1)N(C)C. The maximum absolute atomic E-state index is 13.1. The van der Waals surface area contributed by atoms with Gasteiger partial charge in [-0.25, -0.2) is 9.18 Å². The van der Waals surface area contributed by atoms with Gasteiger partial charge in [-0.05, 0) is 50.7 Å². The van der Waals surface area contributed by atoms with Crippen LogP contribution in [0.2, 0.25) is 0 Å². The summed E-state index contributed by atoms with van der Waals surface area (Å²) >= 11 is 0. The standard InChI is InChI=1S/C24H33FN4O2/c1-28(2)22(21-6-4-5-7-23(21)31-3)16-26-24(30)27-20-12-14-29(15-13-20)17-18-8-10-19(25)11-9-18/h4-11,20,22H,12-17H2,1-3H3,(H2,26,27,30). The van der Waals surface area contributed by atoms with Gasteiger partial charge in [-0.3, -0.25) is 4.90 Å². The van der Waals surface area contributed by atoms with Crippen LogP contribution in [0, 0.1) is 5.82 Å². The van der Waals surface area contributed by atoms with E-state index in [9.17, 15) is 9.18 Å². The van der Waals surface area contributed by atoms with Crippen LogP contribution in [0.25, 0.3) is 0 Å². The molecule has 1 heterocycles. The van der Waals surface area contributed by atoms with Gasteiger partial charge in [0.1, 0.15) is 11.6 Å². The number of carbonyl (C=O) groups excluding carboxylic acids is 1. The van der Waals surface area contributed by atoms with E-state index in [4.69, 9.17) is 4.74 Å². The first-order valence-electron chi connectivity index (χ1n) is 10.8. The molecular weight excluding hydrogens is 395 g/mol. The maximum atomic E-state index is 13.1. The van der Waals surface area contributed by atoms with Crippen LogP contribution in [-0.2, 0) is 6.54 Å². The third kappa shape index (κ3) is 6.67. The molecule has 6 nitrogen and oxygen atoms in total. The fraction of sp³-hybridized carbons (Fsp3) is 0.458. The Morgan fingerprint density at radius 3 is 2.48 bits per heavy atom. The van der Waals surface area contributed by atoms with Gasteiger partial charge < -0.3 is 20.3 Å². The van der Waals surface area contributed by atoms with Gasteiger partial charge in [0.25, 0.3) is 0 Å². The first-order valence-corrected chi connectivity index (χ1v) is 10.8. The van der Waals surface area contributed by atoms with Gasteiger partial charge in [0.2, 0.25) is 0 Å². The van der Waals surface area contributed by atoms with E-state index in [1.165, 1.54) is 12.1 Å². The van der Waals surface area contributed by atoms with Crippen LogP contribution in [0.4, 0.5) is 9.18 Å². The smallest absolute Gasteiger partial charge is 0.315 e. The summed E-state index contributed by atoms with van der Waals surface area (Å²) in [6, 6.07) is 14.6. The van der Waals surface area contributed by atoms with Crippen molar-refractivity contribution in [1.29, 1.82) is 0 Å². The molecule has 168 valence electrons. The summed E-state index contributed by atoms with van der Waals surface area (Å²) in [6.07, 6.45) is 1.80. The normalized spacial score (nSPS) is 16.2. The van der Waals surface area contributed by atoms with E-state index in [1.807, 2.05) is 50.5 Å². The van der Waals surface area contributed by atoms with Crippen LogP contribution < -0.4 is 15.4 Å². The van der Waals surface area contributed by atoms with Crippen molar-refractivity contribution in [1.82, 2.24) is 20.4 Å². The lowest BCUT2D eigenvalue weighted by molar-refractivity contribution is 0.185.